The lowest BCUT2D eigenvalue weighted by atomic mass is 10.1. The minimum absolute atomic E-state index is 0. The first-order chi connectivity index (χ1) is 11.9. The predicted molar refractivity (Wildman–Crippen MR) is 113 cm³/mol. The number of piperidine rings is 1. The third-order valence-electron chi connectivity index (χ3n) is 3.88. The number of amides is 1. The summed E-state index contributed by atoms with van der Waals surface area (Å²) in [5, 5.41) is 6.67. The van der Waals surface area contributed by atoms with Crippen LogP contribution in [0.2, 0.25) is 0 Å². The van der Waals surface area contributed by atoms with Gasteiger partial charge in [-0.3, -0.25) is 4.99 Å². The number of carbonyl (C=O) groups is 1. The number of hydrogen-bond acceptors (Lipinski definition) is 4. The molecule has 0 bridgehead atoms. The second-order valence-electron chi connectivity index (χ2n) is 7.24. The van der Waals surface area contributed by atoms with Crippen molar-refractivity contribution in [3.8, 4) is 0 Å². The number of nitrogens with zero attached hydrogens (tertiary/aromatic N) is 2. The standard InChI is InChI=1S/C18H30N4O3.HI/c1-18(2,3)25-17(23)22-11-5-7-14(13-22)21-16(19-4)20-10-9-15-8-6-12-24-15;/h6,8,12,14H,5,7,9-11,13H2,1-4H3,(H2,19,20,21);1H. The second-order valence-corrected chi connectivity index (χ2v) is 7.24. The SMILES string of the molecule is CN=C(NCCc1ccco1)NC1CCCN(C(=O)OC(C)(C)C)C1.I. The fourth-order valence-corrected chi connectivity index (χ4v) is 2.73. The zero-order valence-electron chi connectivity index (χ0n) is 16.1. The van der Waals surface area contributed by atoms with Gasteiger partial charge in [-0.2, -0.15) is 0 Å². The molecule has 1 unspecified atom stereocenters. The Morgan fingerprint density at radius 2 is 2.23 bits per heavy atom. The maximum Gasteiger partial charge on any atom is 0.410 e. The molecule has 1 aliphatic heterocycles. The summed E-state index contributed by atoms with van der Waals surface area (Å²) in [6.07, 6.45) is 4.16. The number of furan rings is 1. The van der Waals surface area contributed by atoms with Crippen molar-refractivity contribution in [2.24, 2.45) is 4.99 Å². The van der Waals surface area contributed by atoms with Gasteiger partial charge < -0.3 is 24.7 Å². The van der Waals surface area contributed by atoms with Crippen molar-refractivity contribution in [3.63, 3.8) is 0 Å². The molecule has 2 rings (SSSR count). The molecule has 1 aromatic rings. The predicted octanol–water partition coefficient (Wildman–Crippen LogP) is 3.00. The van der Waals surface area contributed by atoms with Gasteiger partial charge in [0.1, 0.15) is 11.4 Å². The van der Waals surface area contributed by atoms with E-state index >= 15 is 0 Å². The van der Waals surface area contributed by atoms with Crippen molar-refractivity contribution in [1.82, 2.24) is 15.5 Å². The quantitative estimate of drug-likeness (QED) is 0.395. The Morgan fingerprint density at radius 1 is 1.46 bits per heavy atom. The maximum atomic E-state index is 12.2. The third-order valence-corrected chi connectivity index (χ3v) is 3.88. The highest BCUT2D eigenvalue weighted by Crippen LogP contribution is 2.15. The van der Waals surface area contributed by atoms with E-state index in [1.165, 1.54) is 0 Å². The molecular weight excluding hydrogens is 447 g/mol. The highest BCUT2D eigenvalue weighted by molar-refractivity contribution is 14.0. The molecule has 0 aliphatic carbocycles. The molecule has 1 atom stereocenters. The van der Waals surface area contributed by atoms with Crippen LogP contribution in [0.15, 0.2) is 27.8 Å². The van der Waals surface area contributed by atoms with E-state index in [4.69, 9.17) is 9.15 Å². The largest absolute Gasteiger partial charge is 0.469 e. The number of aliphatic imine (C=N–C) groups is 1. The molecule has 1 aliphatic rings. The first kappa shape index (κ1) is 22.6. The second kappa shape index (κ2) is 10.6. The van der Waals surface area contributed by atoms with E-state index in [1.54, 1.807) is 18.2 Å². The maximum absolute atomic E-state index is 12.2. The van der Waals surface area contributed by atoms with Gasteiger partial charge in [-0.15, -0.1) is 24.0 Å². The highest BCUT2D eigenvalue weighted by Gasteiger charge is 2.27. The zero-order valence-corrected chi connectivity index (χ0v) is 18.4. The van der Waals surface area contributed by atoms with Gasteiger partial charge >= 0.3 is 6.09 Å². The molecule has 0 spiro atoms. The molecule has 26 heavy (non-hydrogen) atoms. The van der Waals surface area contributed by atoms with Crippen LogP contribution >= 0.6 is 24.0 Å². The minimum atomic E-state index is -0.471. The summed E-state index contributed by atoms with van der Waals surface area (Å²) >= 11 is 0. The van der Waals surface area contributed by atoms with Crippen molar-refractivity contribution in [2.45, 2.75) is 51.7 Å². The summed E-state index contributed by atoms with van der Waals surface area (Å²) in [6.45, 7) is 7.74. The lowest BCUT2D eigenvalue weighted by Gasteiger charge is -2.35. The number of carbonyl (C=O) groups excluding carboxylic acids is 1. The first-order valence-corrected chi connectivity index (χ1v) is 8.85. The molecule has 0 radical (unpaired) electrons. The summed E-state index contributed by atoms with van der Waals surface area (Å²) in [5.74, 6) is 1.68. The lowest BCUT2D eigenvalue weighted by Crippen LogP contribution is -2.53. The number of halogens is 1. The molecule has 2 heterocycles. The van der Waals surface area contributed by atoms with E-state index in [0.29, 0.717) is 6.54 Å². The van der Waals surface area contributed by atoms with Crippen LogP contribution in [0.25, 0.3) is 0 Å². The van der Waals surface area contributed by atoms with Gasteiger partial charge in [0, 0.05) is 39.1 Å². The van der Waals surface area contributed by atoms with Crippen molar-refractivity contribution in [2.75, 3.05) is 26.7 Å². The lowest BCUT2D eigenvalue weighted by molar-refractivity contribution is 0.0193. The molecule has 1 amide bonds. The molecule has 0 saturated carbocycles. The molecule has 148 valence electrons. The Balaban J connectivity index is 0.00000338. The number of hydrogen-bond donors (Lipinski definition) is 2. The van der Waals surface area contributed by atoms with E-state index < -0.39 is 5.60 Å². The minimum Gasteiger partial charge on any atom is -0.469 e. The van der Waals surface area contributed by atoms with E-state index in [0.717, 1.165) is 44.1 Å². The summed E-state index contributed by atoms with van der Waals surface area (Å²) in [6, 6.07) is 4.00. The van der Waals surface area contributed by atoms with Crippen molar-refractivity contribution in [1.29, 1.82) is 0 Å². The normalized spacial score (nSPS) is 18.1. The van der Waals surface area contributed by atoms with Crippen LogP contribution in [0, 0.1) is 0 Å². The van der Waals surface area contributed by atoms with Crippen LogP contribution in [-0.4, -0.2) is 55.3 Å². The van der Waals surface area contributed by atoms with Crippen molar-refractivity contribution < 1.29 is 13.9 Å². The molecule has 8 heteroatoms. The van der Waals surface area contributed by atoms with Crippen LogP contribution in [0.5, 0.6) is 0 Å². The molecule has 0 aromatic carbocycles. The van der Waals surface area contributed by atoms with Crippen LogP contribution in [0.1, 0.15) is 39.4 Å². The van der Waals surface area contributed by atoms with E-state index in [9.17, 15) is 4.79 Å². The first-order valence-electron chi connectivity index (χ1n) is 8.85. The topological polar surface area (TPSA) is 79.1 Å². The Kier molecular flexibility index (Phi) is 9.24. The smallest absolute Gasteiger partial charge is 0.410 e. The fraction of sp³-hybridized carbons (Fsp3) is 0.667. The Bertz CT molecular complexity index is 569. The van der Waals surface area contributed by atoms with Gasteiger partial charge in [0.25, 0.3) is 0 Å². The highest BCUT2D eigenvalue weighted by atomic mass is 127. The summed E-state index contributed by atoms with van der Waals surface area (Å²) in [5.41, 5.74) is -0.471. The Morgan fingerprint density at radius 3 is 2.85 bits per heavy atom. The number of rotatable bonds is 4. The van der Waals surface area contributed by atoms with E-state index in [2.05, 4.69) is 15.6 Å². The average molecular weight is 478 g/mol. The monoisotopic (exact) mass is 478 g/mol. The number of ether oxygens (including phenoxy) is 1. The number of guanidine groups is 1. The van der Waals surface area contributed by atoms with Gasteiger partial charge in [-0.25, -0.2) is 4.79 Å². The summed E-state index contributed by atoms with van der Waals surface area (Å²) < 4.78 is 10.8. The van der Waals surface area contributed by atoms with E-state index in [1.807, 2.05) is 32.9 Å². The zero-order chi connectivity index (χ0) is 18.3. The van der Waals surface area contributed by atoms with Crippen molar-refractivity contribution in [3.05, 3.63) is 24.2 Å². The number of nitrogens with one attached hydrogen (secondary N) is 2. The van der Waals surface area contributed by atoms with Gasteiger partial charge in [-0.05, 0) is 45.7 Å². The van der Waals surface area contributed by atoms with Crippen molar-refractivity contribution >= 4 is 36.0 Å². The van der Waals surface area contributed by atoms with Gasteiger partial charge in [0.05, 0.1) is 6.26 Å². The van der Waals surface area contributed by atoms with Crippen LogP contribution in [0.4, 0.5) is 4.79 Å². The molecule has 1 saturated heterocycles. The van der Waals surface area contributed by atoms with Crippen LogP contribution < -0.4 is 10.6 Å². The van der Waals surface area contributed by atoms with Gasteiger partial charge in [-0.1, -0.05) is 0 Å². The van der Waals surface area contributed by atoms with Crippen LogP contribution in [-0.2, 0) is 11.2 Å². The average Bonchev–Trinajstić information content (AvgIpc) is 3.06. The summed E-state index contributed by atoms with van der Waals surface area (Å²) in [4.78, 5) is 18.3. The summed E-state index contributed by atoms with van der Waals surface area (Å²) in [7, 11) is 1.75. The Labute approximate surface area is 173 Å². The van der Waals surface area contributed by atoms with Gasteiger partial charge in [0.15, 0.2) is 5.96 Å². The molecule has 1 aromatic heterocycles. The third kappa shape index (κ3) is 7.84. The molecule has 2 N–H and O–H groups in total. The number of likely N-dealkylation sites (tertiary alicyclic amines) is 1. The molecule has 7 nitrogen and oxygen atoms in total. The van der Waals surface area contributed by atoms with Crippen LogP contribution in [0.3, 0.4) is 0 Å². The Hall–Kier alpha value is -1.45. The molecular formula is C18H31IN4O3. The van der Waals surface area contributed by atoms with E-state index in [-0.39, 0.29) is 36.1 Å². The fourth-order valence-electron chi connectivity index (χ4n) is 2.73. The van der Waals surface area contributed by atoms with Gasteiger partial charge in [0.2, 0.25) is 0 Å². The molecule has 1 fully saturated rings.